The number of hydrogen-bond donors (Lipinski definition) is 1. The number of rotatable bonds is 5. The van der Waals surface area contributed by atoms with E-state index in [0.717, 1.165) is 43.1 Å². The molecule has 182 valence electrons. The minimum absolute atomic E-state index is 0.160. The van der Waals surface area contributed by atoms with Gasteiger partial charge in [-0.25, -0.2) is 0 Å². The van der Waals surface area contributed by atoms with Gasteiger partial charge < -0.3 is 9.84 Å². The van der Waals surface area contributed by atoms with Crippen molar-refractivity contribution in [3.63, 3.8) is 0 Å². The highest BCUT2D eigenvalue weighted by Crippen LogP contribution is 2.67. The molecule has 1 aromatic rings. The highest BCUT2D eigenvalue weighted by atomic mass is 16.5. The Kier molecular flexibility index (Phi) is 5.93. The number of hydrogen-bond acceptors (Lipinski definition) is 4. The molecule has 5 heteroatoms. The smallest absolute Gasteiger partial charge is 0.102 e. The molecule has 4 aliphatic rings. The Labute approximate surface area is 199 Å². The van der Waals surface area contributed by atoms with Crippen molar-refractivity contribution in [2.24, 2.45) is 46.3 Å². The number of aliphatic hydroxyl groups is 1. The molecule has 8 atom stereocenters. The third kappa shape index (κ3) is 3.96. The second kappa shape index (κ2) is 8.38. The molecule has 5 nitrogen and oxygen atoms in total. The van der Waals surface area contributed by atoms with Gasteiger partial charge in [0.05, 0.1) is 24.0 Å². The Morgan fingerprint density at radius 2 is 1.94 bits per heavy atom. The molecule has 33 heavy (non-hydrogen) atoms. The molecule has 0 spiro atoms. The molecule has 4 saturated carbocycles. The lowest BCUT2D eigenvalue weighted by Gasteiger charge is -2.58. The van der Waals surface area contributed by atoms with Crippen molar-refractivity contribution in [1.29, 1.82) is 5.26 Å². The van der Waals surface area contributed by atoms with Crippen LogP contribution in [0.3, 0.4) is 0 Å². The summed E-state index contributed by atoms with van der Waals surface area (Å²) in [5.74, 6) is 4.77. The molecule has 0 aliphatic heterocycles. The predicted molar refractivity (Wildman–Crippen MR) is 128 cm³/mol. The van der Waals surface area contributed by atoms with Gasteiger partial charge in [-0.15, -0.1) is 0 Å². The first kappa shape index (κ1) is 23.4. The van der Waals surface area contributed by atoms with Gasteiger partial charge in [0.15, 0.2) is 0 Å². The molecule has 1 unspecified atom stereocenters. The van der Waals surface area contributed by atoms with E-state index >= 15 is 0 Å². The molecule has 0 bridgehead atoms. The molecule has 0 saturated heterocycles. The van der Waals surface area contributed by atoms with Crippen LogP contribution < -0.4 is 0 Å². The fourth-order valence-corrected chi connectivity index (χ4v) is 9.68. The molecule has 1 aromatic heterocycles. The first-order chi connectivity index (χ1) is 15.7. The van der Waals surface area contributed by atoms with Crippen molar-refractivity contribution in [2.45, 2.75) is 90.7 Å². The number of aromatic nitrogens is 2. The maximum atomic E-state index is 11.0. The van der Waals surface area contributed by atoms with Crippen molar-refractivity contribution in [3.8, 4) is 6.07 Å². The van der Waals surface area contributed by atoms with Crippen molar-refractivity contribution in [3.05, 3.63) is 18.0 Å². The van der Waals surface area contributed by atoms with E-state index < -0.39 is 5.60 Å². The van der Waals surface area contributed by atoms with E-state index in [4.69, 9.17) is 4.74 Å². The highest BCUT2D eigenvalue weighted by Gasteiger charge is 2.60. The molecule has 4 fully saturated rings. The van der Waals surface area contributed by atoms with E-state index in [2.05, 4.69) is 31.9 Å². The minimum atomic E-state index is -0.591. The Morgan fingerprint density at radius 3 is 2.67 bits per heavy atom. The third-order valence-corrected chi connectivity index (χ3v) is 10.8. The van der Waals surface area contributed by atoms with Crippen LogP contribution in [-0.2, 0) is 11.3 Å². The van der Waals surface area contributed by atoms with Crippen molar-refractivity contribution in [2.75, 3.05) is 13.7 Å². The summed E-state index contributed by atoms with van der Waals surface area (Å²) < 4.78 is 7.36. The molecule has 0 amide bonds. The number of nitriles is 1. The van der Waals surface area contributed by atoms with Gasteiger partial charge >= 0.3 is 0 Å². The number of fused-ring (bicyclic) bond motifs is 5. The monoisotopic (exact) mass is 453 g/mol. The second-order valence-corrected chi connectivity index (χ2v) is 13.0. The zero-order valence-corrected chi connectivity index (χ0v) is 21.1. The van der Waals surface area contributed by atoms with Crippen molar-refractivity contribution < 1.29 is 9.84 Å². The molecule has 0 radical (unpaired) electrons. The number of methoxy groups -OCH3 is 1. The van der Waals surface area contributed by atoms with E-state index in [9.17, 15) is 10.4 Å². The summed E-state index contributed by atoms with van der Waals surface area (Å²) in [7, 11) is 1.72. The summed E-state index contributed by atoms with van der Waals surface area (Å²) in [4.78, 5) is 0. The van der Waals surface area contributed by atoms with Gasteiger partial charge in [0.1, 0.15) is 6.07 Å². The van der Waals surface area contributed by atoms with Gasteiger partial charge in [0, 0.05) is 19.9 Å². The van der Waals surface area contributed by atoms with Crippen molar-refractivity contribution >= 4 is 0 Å². The Balaban J connectivity index is 1.31. The zero-order valence-electron chi connectivity index (χ0n) is 21.1. The summed E-state index contributed by atoms with van der Waals surface area (Å²) in [5, 5.41) is 24.7. The molecule has 5 rings (SSSR count). The van der Waals surface area contributed by atoms with E-state index in [1.54, 1.807) is 13.3 Å². The average molecular weight is 454 g/mol. The first-order valence-electron chi connectivity index (χ1n) is 13.3. The largest absolute Gasteiger partial charge is 0.387 e. The summed E-state index contributed by atoms with van der Waals surface area (Å²) in [6, 6.07) is 2.22. The van der Waals surface area contributed by atoms with Gasteiger partial charge in [0.2, 0.25) is 0 Å². The highest BCUT2D eigenvalue weighted by molar-refractivity contribution is 5.21. The molecule has 1 N–H and O–H groups in total. The topological polar surface area (TPSA) is 71.1 Å². The summed E-state index contributed by atoms with van der Waals surface area (Å²) in [6.45, 7) is 8.85. The molecular formula is C28H43N3O2. The van der Waals surface area contributed by atoms with E-state index in [0.29, 0.717) is 29.4 Å². The lowest BCUT2D eigenvalue weighted by Crippen LogP contribution is -2.52. The normalized spacial score (nSPS) is 42.8. The zero-order chi connectivity index (χ0) is 23.4. The Morgan fingerprint density at radius 1 is 1.15 bits per heavy atom. The maximum absolute atomic E-state index is 11.0. The number of ether oxygens (including phenoxy) is 1. The fraction of sp³-hybridized carbons (Fsp3) is 0.857. The van der Waals surface area contributed by atoms with Crippen molar-refractivity contribution in [1.82, 2.24) is 9.78 Å². The second-order valence-electron chi connectivity index (χ2n) is 13.0. The van der Waals surface area contributed by atoms with E-state index in [-0.39, 0.29) is 5.41 Å². The molecule has 4 aliphatic carbocycles. The van der Waals surface area contributed by atoms with Gasteiger partial charge in [0.25, 0.3) is 0 Å². The standard InChI is InChI=1S/C28H43N3O2/c1-26(2,17-31-16-19(14-29)15-30-31)25-8-7-24-23-6-5-20-13-28(32,18-33-4)12-10-21(20)22(23)9-11-27(24,25)3/h15-16,20-25,32H,5-13,17-18H2,1-4H3/t20-,21+,22-,23-,24+,25?,27+,28-/m1/s1. The van der Waals surface area contributed by atoms with Gasteiger partial charge in [-0.3, -0.25) is 4.68 Å². The van der Waals surface area contributed by atoms with Gasteiger partial charge in [-0.2, -0.15) is 10.4 Å². The van der Waals surface area contributed by atoms with Crippen LogP contribution in [0.25, 0.3) is 0 Å². The lowest BCUT2D eigenvalue weighted by atomic mass is 9.47. The summed E-state index contributed by atoms with van der Waals surface area (Å²) in [6.07, 6.45) is 14.7. The van der Waals surface area contributed by atoms with Crippen LogP contribution in [0.15, 0.2) is 12.4 Å². The first-order valence-corrected chi connectivity index (χ1v) is 13.3. The van der Waals surface area contributed by atoms with Gasteiger partial charge in [-0.05, 0) is 104 Å². The average Bonchev–Trinajstić information content (AvgIpc) is 3.36. The van der Waals surface area contributed by atoms with E-state index in [1.807, 2.05) is 10.9 Å². The van der Waals surface area contributed by atoms with Crippen LogP contribution >= 0.6 is 0 Å². The minimum Gasteiger partial charge on any atom is -0.387 e. The van der Waals surface area contributed by atoms with Crippen LogP contribution in [0.5, 0.6) is 0 Å². The Bertz CT molecular complexity index is 903. The van der Waals surface area contributed by atoms with Gasteiger partial charge in [-0.1, -0.05) is 20.8 Å². The SMILES string of the molecule is COC[C@@]1(O)CC[C@H]2[C@H](CC[C@@H]3[C@@H]2CC[C@]2(C)C(C(C)(C)Cn4cc(C#N)cn4)CC[C@@H]32)C1. The maximum Gasteiger partial charge on any atom is 0.102 e. The summed E-state index contributed by atoms with van der Waals surface area (Å²) >= 11 is 0. The van der Waals surface area contributed by atoms with E-state index in [1.165, 1.54) is 44.9 Å². The quantitative estimate of drug-likeness (QED) is 0.645. The lowest BCUT2D eigenvalue weighted by molar-refractivity contribution is -0.128. The molecular weight excluding hydrogens is 410 g/mol. The fourth-order valence-electron chi connectivity index (χ4n) is 9.68. The molecule has 1 heterocycles. The number of nitrogens with zero attached hydrogens (tertiary/aromatic N) is 3. The van der Waals surface area contributed by atoms with Crippen LogP contribution in [0, 0.1) is 57.7 Å². The van der Waals surface area contributed by atoms with Crippen LogP contribution in [0.1, 0.15) is 84.1 Å². The predicted octanol–water partition coefficient (Wildman–Crippen LogP) is 5.43. The Hall–Kier alpha value is -1.38. The van der Waals surface area contributed by atoms with Crippen LogP contribution in [-0.4, -0.2) is 34.2 Å². The summed E-state index contributed by atoms with van der Waals surface area (Å²) in [5.41, 5.74) is 0.636. The van der Waals surface area contributed by atoms with Crippen LogP contribution in [0.2, 0.25) is 0 Å². The molecule has 0 aromatic carbocycles. The van der Waals surface area contributed by atoms with Crippen LogP contribution in [0.4, 0.5) is 0 Å². The third-order valence-electron chi connectivity index (χ3n) is 10.8.